The molecule has 0 radical (unpaired) electrons. The third kappa shape index (κ3) is 1.85. The first-order valence-electron chi connectivity index (χ1n) is 5.72. The van der Waals surface area contributed by atoms with Crippen molar-refractivity contribution in [2.45, 2.75) is 18.8 Å². The molecule has 1 N–H and O–H groups in total. The average Bonchev–Trinajstić information content (AvgIpc) is 2.73. The van der Waals surface area contributed by atoms with Crippen LogP contribution in [-0.4, -0.2) is 13.1 Å². The number of piperidine rings is 1. The van der Waals surface area contributed by atoms with Gasteiger partial charge in [0.2, 0.25) is 0 Å². The molecule has 0 amide bonds. The van der Waals surface area contributed by atoms with Crippen molar-refractivity contribution < 1.29 is 4.39 Å². The second kappa shape index (κ2) is 4.15. The third-order valence-electron chi connectivity index (χ3n) is 3.24. The van der Waals surface area contributed by atoms with Gasteiger partial charge in [-0.1, -0.05) is 0 Å². The van der Waals surface area contributed by atoms with Gasteiger partial charge in [-0.05, 0) is 61.5 Å². The number of halogens is 1. The normalized spacial score (nSPS) is 18.1. The lowest BCUT2D eigenvalue weighted by Gasteiger charge is -2.21. The number of hydrogen-bond donors (Lipinski definition) is 1. The zero-order valence-corrected chi connectivity index (χ0v) is 9.82. The molecular formula is C13H14FNS. The largest absolute Gasteiger partial charge is 0.317 e. The summed E-state index contributed by atoms with van der Waals surface area (Å²) in [5.74, 6) is 0.531. The topological polar surface area (TPSA) is 12.0 Å². The fourth-order valence-electron chi connectivity index (χ4n) is 2.34. The molecule has 0 unspecified atom stereocenters. The van der Waals surface area contributed by atoms with Crippen molar-refractivity contribution in [3.8, 4) is 0 Å². The highest BCUT2D eigenvalue weighted by atomic mass is 32.1. The highest BCUT2D eigenvalue weighted by Crippen LogP contribution is 2.35. The lowest BCUT2D eigenvalue weighted by Crippen LogP contribution is -2.26. The van der Waals surface area contributed by atoms with E-state index in [4.69, 9.17) is 0 Å². The molecule has 1 aromatic carbocycles. The summed E-state index contributed by atoms with van der Waals surface area (Å²) >= 11 is 1.82. The summed E-state index contributed by atoms with van der Waals surface area (Å²) in [7, 11) is 0. The minimum Gasteiger partial charge on any atom is -0.317 e. The number of fused-ring (bicyclic) bond motifs is 1. The smallest absolute Gasteiger partial charge is 0.123 e. The number of benzene rings is 1. The fraction of sp³-hybridized carbons (Fsp3) is 0.385. The van der Waals surface area contributed by atoms with Crippen molar-refractivity contribution >= 4 is 21.4 Å². The van der Waals surface area contributed by atoms with Crippen molar-refractivity contribution in [3.05, 3.63) is 35.0 Å². The zero-order chi connectivity index (χ0) is 11.0. The minimum absolute atomic E-state index is 0.137. The molecule has 0 aliphatic carbocycles. The predicted octanol–water partition coefficient (Wildman–Crippen LogP) is 3.51. The third-order valence-corrected chi connectivity index (χ3v) is 4.52. The highest BCUT2D eigenvalue weighted by Gasteiger charge is 2.17. The lowest BCUT2D eigenvalue weighted by molar-refractivity contribution is 0.465. The summed E-state index contributed by atoms with van der Waals surface area (Å²) in [6.07, 6.45) is 2.41. The van der Waals surface area contributed by atoms with Crippen LogP contribution in [0.3, 0.4) is 0 Å². The van der Waals surface area contributed by atoms with Crippen molar-refractivity contribution in [2.24, 2.45) is 0 Å². The van der Waals surface area contributed by atoms with E-state index in [2.05, 4.69) is 11.4 Å². The first-order valence-corrected chi connectivity index (χ1v) is 6.54. The van der Waals surface area contributed by atoms with E-state index in [1.165, 1.54) is 22.4 Å². The second-order valence-corrected chi connectivity index (χ2v) is 5.47. The Kier molecular flexibility index (Phi) is 2.65. The summed E-state index contributed by atoms with van der Waals surface area (Å²) in [6, 6.07) is 7.24. The van der Waals surface area contributed by atoms with E-state index in [-0.39, 0.29) is 5.82 Å². The maximum atomic E-state index is 13.1. The number of nitrogens with one attached hydrogen (secondary N) is 1. The van der Waals surface area contributed by atoms with Crippen LogP contribution in [0, 0.1) is 5.82 Å². The Balaban J connectivity index is 1.97. The summed E-state index contributed by atoms with van der Waals surface area (Å²) in [6.45, 7) is 2.21. The van der Waals surface area contributed by atoms with Crippen LogP contribution in [0.2, 0.25) is 0 Å². The van der Waals surface area contributed by atoms with E-state index in [0.717, 1.165) is 18.5 Å². The molecule has 0 atom stereocenters. The predicted molar refractivity (Wildman–Crippen MR) is 66.6 cm³/mol. The molecular weight excluding hydrogens is 221 g/mol. The van der Waals surface area contributed by atoms with E-state index < -0.39 is 0 Å². The summed E-state index contributed by atoms with van der Waals surface area (Å²) < 4.78 is 14.3. The first kappa shape index (κ1) is 10.2. The molecule has 0 bridgehead atoms. The summed E-state index contributed by atoms with van der Waals surface area (Å²) in [5, 5.41) is 4.43. The van der Waals surface area contributed by atoms with Crippen molar-refractivity contribution in [2.75, 3.05) is 13.1 Å². The number of thiophene rings is 1. The van der Waals surface area contributed by atoms with Crippen molar-refractivity contribution in [1.82, 2.24) is 5.32 Å². The van der Waals surface area contributed by atoms with Gasteiger partial charge in [0.05, 0.1) is 0 Å². The SMILES string of the molecule is Fc1ccc2sc(C3CCNCC3)cc2c1. The Morgan fingerprint density at radius 3 is 2.81 bits per heavy atom. The van der Waals surface area contributed by atoms with E-state index in [1.54, 1.807) is 12.1 Å². The Morgan fingerprint density at radius 1 is 1.19 bits per heavy atom. The zero-order valence-electron chi connectivity index (χ0n) is 9.00. The van der Waals surface area contributed by atoms with Gasteiger partial charge >= 0.3 is 0 Å². The molecule has 0 saturated carbocycles. The molecule has 3 heteroatoms. The van der Waals surface area contributed by atoms with Gasteiger partial charge in [-0.3, -0.25) is 0 Å². The molecule has 1 aromatic heterocycles. The molecule has 1 saturated heterocycles. The standard InChI is InChI=1S/C13H14FNS/c14-11-1-2-12-10(7-11)8-13(16-12)9-3-5-15-6-4-9/h1-2,7-9,15H,3-6H2. The van der Waals surface area contributed by atoms with Gasteiger partial charge in [-0.25, -0.2) is 4.39 Å². The van der Waals surface area contributed by atoms with E-state index in [0.29, 0.717) is 5.92 Å². The molecule has 1 aliphatic rings. The molecule has 0 spiro atoms. The van der Waals surface area contributed by atoms with Crippen molar-refractivity contribution in [3.63, 3.8) is 0 Å². The number of rotatable bonds is 1. The van der Waals surface area contributed by atoms with E-state index in [1.807, 2.05) is 17.4 Å². The Hall–Kier alpha value is -0.930. The van der Waals surface area contributed by atoms with Gasteiger partial charge in [0.1, 0.15) is 5.82 Å². The van der Waals surface area contributed by atoms with Gasteiger partial charge in [-0.2, -0.15) is 0 Å². The molecule has 16 heavy (non-hydrogen) atoms. The van der Waals surface area contributed by atoms with Crippen LogP contribution in [0.5, 0.6) is 0 Å². The minimum atomic E-state index is -0.137. The first-order chi connectivity index (χ1) is 7.83. The van der Waals surface area contributed by atoms with Crippen LogP contribution < -0.4 is 5.32 Å². The molecule has 84 valence electrons. The Bertz CT molecular complexity index is 500. The van der Waals surface area contributed by atoms with Crippen LogP contribution in [-0.2, 0) is 0 Å². The highest BCUT2D eigenvalue weighted by molar-refractivity contribution is 7.19. The van der Waals surface area contributed by atoms with E-state index >= 15 is 0 Å². The molecule has 1 aliphatic heterocycles. The Labute approximate surface area is 98.3 Å². The van der Waals surface area contributed by atoms with Gasteiger partial charge in [0, 0.05) is 9.58 Å². The monoisotopic (exact) mass is 235 g/mol. The molecule has 1 fully saturated rings. The van der Waals surface area contributed by atoms with Crippen molar-refractivity contribution in [1.29, 1.82) is 0 Å². The Morgan fingerprint density at radius 2 is 2.00 bits per heavy atom. The van der Waals surface area contributed by atoms with Gasteiger partial charge in [0.15, 0.2) is 0 Å². The molecule has 2 heterocycles. The van der Waals surface area contributed by atoms with Crippen LogP contribution in [0.25, 0.3) is 10.1 Å². The maximum absolute atomic E-state index is 13.1. The van der Waals surface area contributed by atoms with Gasteiger partial charge < -0.3 is 5.32 Å². The van der Waals surface area contributed by atoms with Gasteiger partial charge in [0.25, 0.3) is 0 Å². The molecule has 3 rings (SSSR count). The second-order valence-electron chi connectivity index (χ2n) is 4.36. The molecule has 2 aromatic rings. The van der Waals surface area contributed by atoms with E-state index in [9.17, 15) is 4.39 Å². The van der Waals surface area contributed by atoms with Crippen LogP contribution in [0.1, 0.15) is 23.6 Å². The maximum Gasteiger partial charge on any atom is 0.123 e. The number of hydrogen-bond acceptors (Lipinski definition) is 2. The molecule has 1 nitrogen and oxygen atoms in total. The van der Waals surface area contributed by atoms with Gasteiger partial charge in [-0.15, -0.1) is 11.3 Å². The fourth-order valence-corrected chi connectivity index (χ4v) is 3.56. The van der Waals surface area contributed by atoms with Crippen LogP contribution >= 0.6 is 11.3 Å². The lowest BCUT2D eigenvalue weighted by atomic mass is 9.96. The van der Waals surface area contributed by atoms with Crippen LogP contribution in [0.4, 0.5) is 4.39 Å². The summed E-state index contributed by atoms with van der Waals surface area (Å²) in [5.41, 5.74) is 0. The van der Waals surface area contributed by atoms with Crippen LogP contribution in [0.15, 0.2) is 24.3 Å². The average molecular weight is 235 g/mol. The quantitative estimate of drug-likeness (QED) is 0.797. The summed E-state index contributed by atoms with van der Waals surface area (Å²) in [4.78, 5) is 1.42.